The number of nitriles is 2. The van der Waals surface area contributed by atoms with Crippen LogP contribution in [0.25, 0.3) is 0 Å². The number of carbonyl (C=O) groups excluding carboxylic acids is 2. The van der Waals surface area contributed by atoms with Gasteiger partial charge in [0.25, 0.3) is 0 Å². The monoisotopic (exact) mass is 878 g/mol. The standard InChI is InChI=1S/C36H34Br2F2N4O6S2/c37-27-17-33(25(19-41)15-29(27)39)49-31(23-5-13-51-21-23)3-9-43-7-1-11-47-35(45)36(46)48-12-2-8-44-10-4-32(24-6-14-52-22-24)50-34-18-28(38)30(40)16-26(34)20-42/h5-6,13-18,21-22,31-32,43-44H,1-4,7-12H2/t31-,32-/m1/s1. The smallest absolute Gasteiger partial charge is 0.417 e. The molecule has 0 aliphatic heterocycles. The van der Waals surface area contributed by atoms with Crippen LogP contribution in [0.2, 0.25) is 0 Å². The van der Waals surface area contributed by atoms with Crippen molar-refractivity contribution in [3.8, 4) is 23.6 Å². The van der Waals surface area contributed by atoms with Gasteiger partial charge in [0.1, 0.15) is 47.5 Å². The van der Waals surface area contributed by atoms with Crippen molar-refractivity contribution in [1.82, 2.24) is 10.6 Å². The molecule has 0 saturated heterocycles. The zero-order valence-corrected chi connectivity index (χ0v) is 32.5. The molecule has 0 spiro atoms. The van der Waals surface area contributed by atoms with Crippen molar-refractivity contribution in [1.29, 1.82) is 10.5 Å². The fourth-order valence-corrected chi connectivity index (χ4v) is 6.84. The normalized spacial score (nSPS) is 12.0. The van der Waals surface area contributed by atoms with Gasteiger partial charge in [0, 0.05) is 24.0 Å². The van der Waals surface area contributed by atoms with Gasteiger partial charge in [-0.3, -0.25) is 0 Å². The van der Waals surface area contributed by atoms with Crippen molar-refractivity contribution in [2.75, 3.05) is 39.4 Å². The molecular weight excluding hydrogens is 846 g/mol. The Morgan fingerprint density at radius 1 is 0.712 bits per heavy atom. The van der Waals surface area contributed by atoms with Crippen LogP contribution in [-0.4, -0.2) is 51.3 Å². The SMILES string of the molecule is N#Cc1cc(F)c(Br)cc1O[C@H](CCNCCCOC(=O)C(=O)OCCCNCC[C@@H](Oc1cc(Br)c(F)cc1C#N)c1ccsc1)c1ccsc1. The van der Waals surface area contributed by atoms with E-state index in [0.29, 0.717) is 51.9 Å². The van der Waals surface area contributed by atoms with Crippen molar-refractivity contribution in [3.63, 3.8) is 0 Å². The Bertz CT molecular complexity index is 1720. The van der Waals surface area contributed by atoms with Gasteiger partial charge in [-0.05, 0) is 129 Å². The molecule has 10 nitrogen and oxygen atoms in total. The van der Waals surface area contributed by atoms with E-state index in [2.05, 4.69) is 42.5 Å². The van der Waals surface area contributed by atoms with Gasteiger partial charge in [0.2, 0.25) is 0 Å². The number of hydrogen-bond donors (Lipinski definition) is 2. The molecule has 2 heterocycles. The van der Waals surface area contributed by atoms with Crippen LogP contribution in [0.5, 0.6) is 11.5 Å². The molecule has 0 bridgehead atoms. The van der Waals surface area contributed by atoms with Crippen molar-refractivity contribution in [2.45, 2.75) is 37.9 Å². The highest BCUT2D eigenvalue weighted by atomic mass is 79.9. The number of benzene rings is 2. The van der Waals surface area contributed by atoms with Crippen LogP contribution in [0.3, 0.4) is 0 Å². The minimum absolute atomic E-state index is 0.0280. The highest BCUT2D eigenvalue weighted by Crippen LogP contribution is 2.33. The average molecular weight is 881 g/mol. The first kappa shape index (κ1) is 40.9. The van der Waals surface area contributed by atoms with E-state index in [0.717, 1.165) is 23.3 Å². The summed E-state index contributed by atoms with van der Waals surface area (Å²) in [5, 5.41) is 33.1. The molecular formula is C36H34Br2F2N4O6S2. The molecule has 4 aromatic rings. The van der Waals surface area contributed by atoms with Gasteiger partial charge < -0.3 is 29.6 Å². The number of halogens is 4. The largest absolute Gasteiger partial charge is 0.484 e. The molecule has 0 radical (unpaired) electrons. The summed E-state index contributed by atoms with van der Waals surface area (Å²) in [6.07, 6.45) is 1.27. The lowest BCUT2D eigenvalue weighted by Crippen LogP contribution is -2.25. The summed E-state index contributed by atoms with van der Waals surface area (Å²) in [5.74, 6) is -2.65. The first-order chi connectivity index (χ1) is 25.2. The lowest BCUT2D eigenvalue weighted by molar-refractivity contribution is -0.167. The summed E-state index contributed by atoms with van der Waals surface area (Å²) in [6, 6.07) is 12.9. The molecule has 0 unspecified atom stereocenters. The lowest BCUT2D eigenvalue weighted by Gasteiger charge is -2.20. The maximum absolute atomic E-state index is 13.9. The molecule has 0 fully saturated rings. The van der Waals surface area contributed by atoms with Crippen molar-refractivity contribution in [3.05, 3.63) is 101 Å². The highest BCUT2D eigenvalue weighted by Gasteiger charge is 2.20. The number of nitrogens with zero attached hydrogens (tertiary/aromatic N) is 2. The molecule has 0 aliphatic carbocycles. The number of rotatable bonds is 20. The third kappa shape index (κ3) is 12.6. The summed E-state index contributed by atoms with van der Waals surface area (Å²) in [6.45, 7) is 2.17. The fourth-order valence-electron chi connectivity index (χ4n) is 4.80. The predicted molar refractivity (Wildman–Crippen MR) is 199 cm³/mol. The third-order valence-corrected chi connectivity index (χ3v) is 10.1. The van der Waals surface area contributed by atoms with E-state index in [4.69, 9.17) is 18.9 Å². The highest BCUT2D eigenvalue weighted by molar-refractivity contribution is 9.10. The molecule has 274 valence electrons. The molecule has 0 aliphatic rings. The Morgan fingerprint density at radius 3 is 1.50 bits per heavy atom. The van der Waals surface area contributed by atoms with Gasteiger partial charge in [-0.1, -0.05) is 0 Å². The van der Waals surface area contributed by atoms with Crippen molar-refractivity contribution < 1.29 is 37.3 Å². The number of esters is 2. The minimum atomic E-state index is -1.06. The number of carbonyl (C=O) groups is 2. The van der Waals surface area contributed by atoms with E-state index >= 15 is 0 Å². The minimum Gasteiger partial charge on any atom is -0.484 e. The van der Waals surface area contributed by atoms with Crippen LogP contribution in [0.4, 0.5) is 8.78 Å². The van der Waals surface area contributed by atoms with Gasteiger partial charge >= 0.3 is 11.9 Å². The molecule has 2 aromatic heterocycles. The molecule has 0 saturated carbocycles. The van der Waals surface area contributed by atoms with Gasteiger partial charge in [-0.15, -0.1) is 0 Å². The van der Waals surface area contributed by atoms with Crippen LogP contribution >= 0.6 is 54.5 Å². The van der Waals surface area contributed by atoms with E-state index in [1.165, 1.54) is 34.8 Å². The number of nitrogens with one attached hydrogen (secondary N) is 2. The Kier molecular flexibility index (Phi) is 17.0. The number of ether oxygens (including phenoxy) is 4. The van der Waals surface area contributed by atoms with Crippen LogP contribution in [0.15, 0.2) is 66.9 Å². The maximum atomic E-state index is 13.9. The molecule has 2 N–H and O–H groups in total. The second-order valence-corrected chi connectivity index (χ2v) is 14.4. The average Bonchev–Trinajstić information content (AvgIpc) is 3.88. The molecule has 0 amide bonds. The quantitative estimate of drug-likeness (QED) is 0.0508. The molecule has 2 aromatic carbocycles. The molecule has 16 heteroatoms. The van der Waals surface area contributed by atoms with Gasteiger partial charge in [0.05, 0.1) is 33.3 Å². The predicted octanol–water partition coefficient (Wildman–Crippen LogP) is 8.12. The second-order valence-electron chi connectivity index (χ2n) is 11.1. The lowest BCUT2D eigenvalue weighted by atomic mass is 10.1. The second kappa shape index (κ2) is 21.6. The van der Waals surface area contributed by atoms with E-state index in [-0.39, 0.29) is 57.0 Å². The van der Waals surface area contributed by atoms with E-state index in [1.807, 2.05) is 45.8 Å². The van der Waals surface area contributed by atoms with E-state index < -0.39 is 23.6 Å². The molecule has 52 heavy (non-hydrogen) atoms. The van der Waals surface area contributed by atoms with E-state index in [1.54, 1.807) is 0 Å². The first-order valence-corrected chi connectivity index (χ1v) is 19.6. The fraction of sp³-hybridized carbons (Fsp3) is 0.333. The Hall–Kier alpha value is -3.90. The van der Waals surface area contributed by atoms with Crippen LogP contribution in [0, 0.1) is 34.3 Å². The van der Waals surface area contributed by atoms with Gasteiger partial charge in [-0.2, -0.15) is 33.2 Å². The maximum Gasteiger partial charge on any atom is 0.417 e. The summed E-state index contributed by atoms with van der Waals surface area (Å²) < 4.78 is 50.5. The topological polar surface area (TPSA) is 143 Å². The zero-order valence-electron chi connectivity index (χ0n) is 27.7. The van der Waals surface area contributed by atoms with E-state index in [9.17, 15) is 28.9 Å². The summed E-state index contributed by atoms with van der Waals surface area (Å²) in [5.41, 5.74) is 2.06. The van der Waals surface area contributed by atoms with Crippen molar-refractivity contribution >= 4 is 66.5 Å². The zero-order chi connectivity index (χ0) is 37.3. The number of hydrogen-bond acceptors (Lipinski definition) is 12. The van der Waals surface area contributed by atoms with Crippen LogP contribution in [-0.2, 0) is 19.1 Å². The Balaban J connectivity index is 1.08. The first-order valence-electron chi connectivity index (χ1n) is 16.1. The summed E-state index contributed by atoms with van der Waals surface area (Å²) in [7, 11) is 0. The molecule has 2 atom stereocenters. The van der Waals surface area contributed by atoms with Crippen LogP contribution in [0.1, 0.15) is 60.1 Å². The van der Waals surface area contributed by atoms with Crippen molar-refractivity contribution in [2.24, 2.45) is 0 Å². The van der Waals surface area contributed by atoms with Gasteiger partial charge in [0.15, 0.2) is 0 Å². The number of thiophene rings is 2. The van der Waals surface area contributed by atoms with Crippen LogP contribution < -0.4 is 20.1 Å². The van der Waals surface area contributed by atoms with Gasteiger partial charge in [-0.25, -0.2) is 18.4 Å². The molecule has 4 rings (SSSR count). The Morgan fingerprint density at radius 2 is 1.13 bits per heavy atom. The summed E-state index contributed by atoms with van der Waals surface area (Å²) in [4.78, 5) is 24.1. The Labute approximate surface area is 324 Å². The third-order valence-electron chi connectivity index (χ3n) is 7.45. The summed E-state index contributed by atoms with van der Waals surface area (Å²) >= 11 is 9.31.